The van der Waals surface area contributed by atoms with Crippen LogP contribution >= 0.6 is 11.6 Å². The molecule has 1 aliphatic rings. The minimum Gasteiger partial charge on any atom is -0.497 e. The van der Waals surface area contributed by atoms with E-state index in [-0.39, 0.29) is 18.2 Å². The quantitative estimate of drug-likeness (QED) is 0.644. The fourth-order valence-corrected chi connectivity index (χ4v) is 3.18. The van der Waals surface area contributed by atoms with E-state index in [1.807, 2.05) is 12.1 Å². The number of carbonyl (C=O) groups excluding carboxylic acids is 2. The van der Waals surface area contributed by atoms with E-state index >= 15 is 0 Å². The normalized spacial score (nSPS) is 12.0. The Morgan fingerprint density at radius 1 is 1.07 bits per heavy atom. The van der Waals surface area contributed by atoms with Crippen LogP contribution in [-0.4, -0.2) is 18.9 Å². The topological polar surface area (TPSA) is 76.7 Å². The number of nitrogens with one attached hydrogen (secondary N) is 2. The van der Waals surface area contributed by atoms with Crippen molar-refractivity contribution in [3.8, 4) is 17.2 Å². The number of halogens is 1. The lowest BCUT2D eigenvalue weighted by molar-refractivity contribution is -0.115. The van der Waals surface area contributed by atoms with Gasteiger partial charge in [-0.1, -0.05) is 23.7 Å². The van der Waals surface area contributed by atoms with Gasteiger partial charge in [-0.2, -0.15) is 0 Å². The number of fused-ring (bicyclic) bond motifs is 2. The maximum absolute atomic E-state index is 12.6. The highest BCUT2D eigenvalue weighted by Gasteiger charge is 2.21. The standard InChI is InChI=1S/C22H17ClN2O4/c1-28-16-6-2-13(3-7-16)10-21(26)24-15-5-9-19-17(12-15)22(27)25-18-11-14(23)4-8-20(18)29-19/h2-9,11-12H,10H2,1H3,(H,24,26)(H,25,27). The number of hydrogen-bond donors (Lipinski definition) is 2. The van der Waals surface area contributed by atoms with Crippen molar-refractivity contribution in [3.05, 3.63) is 76.8 Å². The second-order valence-electron chi connectivity index (χ2n) is 6.48. The molecular formula is C22H17ClN2O4. The molecule has 7 heteroatoms. The molecule has 3 aromatic rings. The molecule has 0 saturated carbocycles. The third-order valence-corrected chi connectivity index (χ3v) is 4.68. The molecule has 29 heavy (non-hydrogen) atoms. The van der Waals surface area contributed by atoms with Gasteiger partial charge in [0.25, 0.3) is 5.91 Å². The lowest BCUT2D eigenvalue weighted by Crippen LogP contribution is -2.15. The van der Waals surface area contributed by atoms with Gasteiger partial charge in [-0.05, 0) is 54.1 Å². The van der Waals surface area contributed by atoms with Gasteiger partial charge in [0.1, 0.15) is 11.5 Å². The first-order valence-electron chi connectivity index (χ1n) is 8.87. The highest BCUT2D eigenvalue weighted by molar-refractivity contribution is 6.31. The van der Waals surface area contributed by atoms with Crippen LogP contribution < -0.4 is 20.1 Å². The molecule has 0 unspecified atom stereocenters. The smallest absolute Gasteiger partial charge is 0.259 e. The number of hydrogen-bond acceptors (Lipinski definition) is 4. The second kappa shape index (κ2) is 7.85. The van der Waals surface area contributed by atoms with Gasteiger partial charge < -0.3 is 20.1 Å². The van der Waals surface area contributed by atoms with Crippen LogP contribution in [0.15, 0.2) is 60.7 Å². The molecule has 2 amide bonds. The zero-order chi connectivity index (χ0) is 20.4. The van der Waals surface area contributed by atoms with Crippen molar-refractivity contribution in [1.29, 1.82) is 0 Å². The Balaban J connectivity index is 1.51. The number of carbonyl (C=O) groups is 2. The molecule has 0 aliphatic carbocycles. The molecule has 0 bridgehead atoms. The average molecular weight is 409 g/mol. The van der Waals surface area contributed by atoms with Crippen molar-refractivity contribution in [3.63, 3.8) is 0 Å². The fourth-order valence-electron chi connectivity index (χ4n) is 3.01. The van der Waals surface area contributed by atoms with Crippen LogP contribution in [0, 0.1) is 0 Å². The third kappa shape index (κ3) is 4.17. The van der Waals surface area contributed by atoms with Crippen LogP contribution in [0.1, 0.15) is 15.9 Å². The first kappa shape index (κ1) is 18.8. The summed E-state index contributed by atoms with van der Waals surface area (Å²) >= 11 is 5.99. The molecule has 0 aromatic heterocycles. The van der Waals surface area contributed by atoms with E-state index in [1.54, 1.807) is 55.6 Å². The van der Waals surface area contributed by atoms with Crippen molar-refractivity contribution < 1.29 is 19.1 Å². The monoisotopic (exact) mass is 408 g/mol. The summed E-state index contributed by atoms with van der Waals surface area (Å²) in [5, 5.41) is 6.08. The van der Waals surface area contributed by atoms with E-state index < -0.39 is 0 Å². The van der Waals surface area contributed by atoms with Crippen molar-refractivity contribution in [2.75, 3.05) is 17.7 Å². The van der Waals surface area contributed by atoms with Gasteiger partial charge in [-0.15, -0.1) is 0 Å². The van der Waals surface area contributed by atoms with Crippen LogP contribution in [0.25, 0.3) is 0 Å². The largest absolute Gasteiger partial charge is 0.497 e. The van der Waals surface area contributed by atoms with Gasteiger partial charge in [0.2, 0.25) is 5.91 Å². The maximum atomic E-state index is 12.6. The van der Waals surface area contributed by atoms with Gasteiger partial charge in [0.15, 0.2) is 5.75 Å². The molecular weight excluding hydrogens is 392 g/mol. The molecule has 0 radical (unpaired) electrons. The highest BCUT2D eigenvalue weighted by atomic mass is 35.5. The summed E-state index contributed by atoms with van der Waals surface area (Å²) in [7, 11) is 1.59. The molecule has 146 valence electrons. The molecule has 3 aromatic carbocycles. The van der Waals surface area contributed by atoms with E-state index in [4.69, 9.17) is 21.1 Å². The van der Waals surface area contributed by atoms with Crippen LogP contribution in [0.3, 0.4) is 0 Å². The molecule has 0 fully saturated rings. The van der Waals surface area contributed by atoms with Gasteiger partial charge >= 0.3 is 0 Å². The summed E-state index contributed by atoms with van der Waals surface area (Å²) in [6, 6.07) is 17.2. The molecule has 0 saturated heterocycles. The summed E-state index contributed by atoms with van der Waals surface area (Å²) in [6.07, 6.45) is 0.202. The van der Waals surface area contributed by atoms with Gasteiger partial charge in [0.05, 0.1) is 24.8 Å². The van der Waals surface area contributed by atoms with Crippen molar-refractivity contribution >= 4 is 34.8 Å². The molecule has 1 aliphatic heterocycles. The zero-order valence-corrected chi connectivity index (χ0v) is 16.2. The summed E-state index contributed by atoms with van der Waals surface area (Å²) < 4.78 is 11.0. The predicted octanol–water partition coefficient (Wildman–Crippen LogP) is 4.89. The Bertz CT molecular complexity index is 1100. The lowest BCUT2D eigenvalue weighted by atomic mass is 10.1. The number of methoxy groups -OCH3 is 1. The molecule has 0 spiro atoms. The van der Waals surface area contributed by atoms with Crippen LogP contribution in [-0.2, 0) is 11.2 Å². The Kier molecular flexibility index (Phi) is 5.10. The maximum Gasteiger partial charge on any atom is 0.259 e. The van der Waals surface area contributed by atoms with Gasteiger partial charge in [-0.3, -0.25) is 9.59 Å². The number of anilines is 2. The van der Waals surface area contributed by atoms with Crippen molar-refractivity contribution in [2.24, 2.45) is 0 Å². The minimum atomic E-state index is -0.340. The predicted molar refractivity (Wildman–Crippen MR) is 111 cm³/mol. The molecule has 2 N–H and O–H groups in total. The van der Waals surface area contributed by atoms with Gasteiger partial charge in [-0.25, -0.2) is 0 Å². The number of amides is 2. The molecule has 6 nitrogen and oxygen atoms in total. The summed E-state index contributed by atoms with van der Waals surface area (Å²) in [5.74, 6) is 1.09. The van der Waals surface area contributed by atoms with E-state index in [0.717, 1.165) is 11.3 Å². The van der Waals surface area contributed by atoms with Gasteiger partial charge in [0, 0.05) is 10.7 Å². The van der Waals surface area contributed by atoms with E-state index in [1.165, 1.54) is 0 Å². The third-order valence-electron chi connectivity index (χ3n) is 4.44. The molecule has 4 rings (SSSR count). The first-order valence-corrected chi connectivity index (χ1v) is 9.25. The lowest BCUT2D eigenvalue weighted by Gasteiger charge is -2.10. The van der Waals surface area contributed by atoms with Crippen molar-refractivity contribution in [2.45, 2.75) is 6.42 Å². The van der Waals surface area contributed by atoms with E-state index in [0.29, 0.717) is 33.5 Å². The zero-order valence-electron chi connectivity index (χ0n) is 15.5. The van der Waals surface area contributed by atoms with E-state index in [2.05, 4.69) is 10.6 Å². The Morgan fingerprint density at radius 3 is 2.59 bits per heavy atom. The van der Waals surface area contributed by atoms with Crippen LogP contribution in [0.2, 0.25) is 5.02 Å². The Labute approximate surface area is 172 Å². The number of rotatable bonds is 4. The summed E-state index contributed by atoms with van der Waals surface area (Å²) in [6.45, 7) is 0. The minimum absolute atomic E-state index is 0.194. The molecule has 0 atom stereocenters. The molecule has 1 heterocycles. The Morgan fingerprint density at radius 2 is 1.83 bits per heavy atom. The number of benzene rings is 3. The number of ether oxygens (including phenoxy) is 2. The van der Waals surface area contributed by atoms with E-state index in [9.17, 15) is 9.59 Å². The highest BCUT2D eigenvalue weighted by Crippen LogP contribution is 2.37. The Hall–Kier alpha value is -3.51. The van der Waals surface area contributed by atoms with Crippen LogP contribution in [0.5, 0.6) is 17.2 Å². The average Bonchev–Trinajstić information content (AvgIpc) is 2.84. The van der Waals surface area contributed by atoms with Crippen molar-refractivity contribution in [1.82, 2.24) is 0 Å². The summed E-state index contributed by atoms with van der Waals surface area (Å²) in [4.78, 5) is 25.0. The fraction of sp³-hybridized carbons (Fsp3) is 0.0909. The summed E-state index contributed by atoms with van der Waals surface area (Å²) in [5.41, 5.74) is 2.17. The SMILES string of the molecule is COc1ccc(CC(=O)Nc2ccc3c(c2)C(=O)Nc2cc(Cl)ccc2O3)cc1. The van der Waals surface area contributed by atoms with Crippen LogP contribution in [0.4, 0.5) is 11.4 Å². The first-order chi connectivity index (χ1) is 14.0. The second-order valence-corrected chi connectivity index (χ2v) is 6.92.